The van der Waals surface area contributed by atoms with Gasteiger partial charge in [-0.25, -0.2) is 9.59 Å². The van der Waals surface area contributed by atoms with Crippen LogP contribution < -0.4 is 39.0 Å². The number of piperazine rings is 1. The second-order valence-electron chi connectivity index (χ2n) is 10.6. The van der Waals surface area contributed by atoms with Gasteiger partial charge in [0.25, 0.3) is 0 Å². The number of aliphatic carboxylic acids is 4. The number of carbonyl (C=O) groups is 4. The van der Waals surface area contributed by atoms with Crippen molar-refractivity contribution < 1.29 is 78.6 Å². The van der Waals surface area contributed by atoms with Gasteiger partial charge in [0.15, 0.2) is 29.2 Å². The van der Waals surface area contributed by atoms with Gasteiger partial charge in [-0.1, -0.05) is 19.3 Å². The molecule has 0 aromatic heterocycles. The molecule has 2 unspecified atom stereocenters. The molecule has 0 amide bonds. The first kappa shape index (κ1) is 38.2. The topological polar surface area (TPSA) is 241 Å². The summed E-state index contributed by atoms with van der Waals surface area (Å²) >= 11 is 0. The van der Waals surface area contributed by atoms with Gasteiger partial charge in [-0.15, -0.1) is 0 Å². The Bertz CT molecular complexity index is 1010. The molecule has 1 saturated carbocycles. The maximum atomic E-state index is 11.2. The number of carboxylic acid groups (broad SMARTS) is 4. The summed E-state index contributed by atoms with van der Waals surface area (Å²) in [5, 5.41) is 54.4. The number of rotatable bonds is 10. The van der Waals surface area contributed by atoms with E-state index in [0.29, 0.717) is 35.5 Å². The molecule has 1 aliphatic heterocycles. The number of benzene rings is 1. The number of aliphatic hydroxyl groups is 2. The quantitative estimate of drug-likeness (QED) is 0.133. The molecule has 250 valence electrons. The third-order valence-electron chi connectivity index (χ3n) is 7.63. The Balaban J connectivity index is 0.000000681. The van der Waals surface area contributed by atoms with Crippen molar-refractivity contribution in [3.8, 4) is 23.0 Å². The van der Waals surface area contributed by atoms with Crippen molar-refractivity contribution in [1.29, 1.82) is 0 Å². The van der Waals surface area contributed by atoms with Gasteiger partial charge in [-0.3, -0.25) is 4.90 Å². The van der Waals surface area contributed by atoms with Crippen LogP contribution in [0.1, 0.15) is 39.0 Å². The predicted octanol–water partition coefficient (Wildman–Crippen LogP) is -4.83. The lowest BCUT2D eigenvalue weighted by molar-refractivity contribution is -1.05. The summed E-state index contributed by atoms with van der Waals surface area (Å²) in [6, 6.07) is 3.47. The second kappa shape index (κ2) is 18.7. The van der Waals surface area contributed by atoms with Crippen molar-refractivity contribution in [2.45, 2.75) is 50.9 Å². The van der Waals surface area contributed by atoms with Gasteiger partial charge >= 0.3 is 11.9 Å². The Morgan fingerprint density at radius 2 is 1.34 bits per heavy atom. The molecule has 2 aliphatic rings. The lowest BCUT2D eigenvalue weighted by Gasteiger charge is -2.43. The highest BCUT2D eigenvalue weighted by molar-refractivity contribution is 6.26. The van der Waals surface area contributed by atoms with E-state index in [0.717, 1.165) is 39.0 Å². The van der Waals surface area contributed by atoms with Gasteiger partial charge in [0.2, 0.25) is 5.75 Å². The van der Waals surface area contributed by atoms with Crippen molar-refractivity contribution in [1.82, 2.24) is 0 Å². The molecule has 0 spiro atoms. The van der Waals surface area contributed by atoms with Crippen LogP contribution in [0.25, 0.3) is 0 Å². The summed E-state index contributed by atoms with van der Waals surface area (Å²) in [6.45, 7) is 6.60. The first-order valence-corrected chi connectivity index (χ1v) is 14.1. The van der Waals surface area contributed by atoms with E-state index >= 15 is 0 Å². The monoisotopic (exact) mass is 632 g/mol. The predicted molar refractivity (Wildman–Crippen MR) is 146 cm³/mol. The molecule has 16 heteroatoms. The van der Waals surface area contributed by atoms with E-state index in [1.54, 1.807) is 33.5 Å². The van der Waals surface area contributed by atoms with Crippen molar-refractivity contribution >= 4 is 23.9 Å². The fourth-order valence-corrected chi connectivity index (χ4v) is 5.29. The molecule has 44 heavy (non-hydrogen) atoms. The SMILES string of the molecule is COc1cc(OCC(O)C[NH+]2CC[NH+](C(C)(O)C3CCCCC3)CC2)cc(OC)c1OC.O=C([O-])C(=O)O.O=C([O-])C(=O)O. The minimum Gasteiger partial charge on any atom is -0.539 e. The van der Waals surface area contributed by atoms with Gasteiger partial charge in [0, 0.05) is 25.0 Å². The van der Waals surface area contributed by atoms with E-state index < -0.39 is 35.7 Å². The van der Waals surface area contributed by atoms with E-state index in [1.807, 2.05) is 6.92 Å². The highest BCUT2D eigenvalue weighted by atomic mass is 16.5. The molecular weight excluding hydrogens is 588 g/mol. The molecule has 1 aromatic carbocycles. The van der Waals surface area contributed by atoms with E-state index in [-0.39, 0.29) is 6.61 Å². The first-order chi connectivity index (χ1) is 20.7. The van der Waals surface area contributed by atoms with Gasteiger partial charge in [0.1, 0.15) is 51.2 Å². The van der Waals surface area contributed by atoms with Crippen LogP contribution in [0.4, 0.5) is 0 Å². The number of carboxylic acids is 4. The number of nitrogens with one attached hydrogen (secondary N) is 2. The van der Waals surface area contributed by atoms with Gasteiger partial charge < -0.3 is 64.1 Å². The molecule has 2 atom stereocenters. The van der Waals surface area contributed by atoms with Crippen LogP contribution in [-0.4, -0.2) is 117 Å². The summed E-state index contributed by atoms with van der Waals surface area (Å²) in [7, 11) is 4.68. The summed E-state index contributed by atoms with van der Waals surface area (Å²) < 4.78 is 21.9. The maximum absolute atomic E-state index is 11.2. The number of methoxy groups -OCH3 is 3. The number of quaternary nitrogens is 2. The lowest BCUT2D eigenvalue weighted by atomic mass is 9.81. The summed E-state index contributed by atoms with van der Waals surface area (Å²) in [6.07, 6.45) is 5.49. The largest absolute Gasteiger partial charge is 0.539 e. The Morgan fingerprint density at radius 3 is 1.73 bits per heavy atom. The molecule has 16 nitrogen and oxygen atoms in total. The second-order valence-corrected chi connectivity index (χ2v) is 10.6. The van der Waals surface area contributed by atoms with Crippen LogP contribution in [0.2, 0.25) is 0 Å². The zero-order valence-corrected chi connectivity index (χ0v) is 25.5. The van der Waals surface area contributed by atoms with Crippen LogP contribution in [0.15, 0.2) is 12.1 Å². The number of hydrogen-bond donors (Lipinski definition) is 6. The van der Waals surface area contributed by atoms with Gasteiger partial charge in [-0.05, 0) is 12.8 Å². The standard InChI is InChI=1S/C24H40N2O6.2C2H2O4/c1-24(28,18-8-6-5-7-9-18)26-12-10-25(11-13-26)16-19(27)17-32-20-14-21(29-2)23(31-4)22(15-20)30-3;2*3-1(4)2(5)6/h14-15,18-19,27-28H,5-13,16-17H2,1-4H3;2*(H,3,4)(H,5,6). The molecule has 1 heterocycles. The van der Waals surface area contributed by atoms with E-state index in [4.69, 9.17) is 58.6 Å². The third-order valence-corrected chi connectivity index (χ3v) is 7.63. The normalized spacial score (nSPS) is 20.1. The average molecular weight is 633 g/mol. The molecule has 1 aromatic rings. The van der Waals surface area contributed by atoms with Crippen molar-refractivity contribution in [2.75, 3.05) is 60.7 Å². The third kappa shape index (κ3) is 12.4. The number of aliphatic hydroxyl groups excluding tert-OH is 1. The fourth-order valence-electron chi connectivity index (χ4n) is 5.29. The molecule has 3 rings (SSSR count). The Hall–Kier alpha value is -3.86. The summed E-state index contributed by atoms with van der Waals surface area (Å²) in [5.41, 5.74) is -0.639. The van der Waals surface area contributed by atoms with Crippen molar-refractivity contribution in [3.63, 3.8) is 0 Å². The van der Waals surface area contributed by atoms with Gasteiger partial charge in [0.05, 0.1) is 21.3 Å². The van der Waals surface area contributed by atoms with E-state index in [9.17, 15) is 10.2 Å². The highest BCUT2D eigenvalue weighted by Gasteiger charge is 2.44. The van der Waals surface area contributed by atoms with Crippen LogP contribution in [-0.2, 0) is 19.2 Å². The molecule has 2 fully saturated rings. The Morgan fingerprint density at radius 1 is 0.886 bits per heavy atom. The molecule has 1 saturated heterocycles. The maximum Gasteiger partial charge on any atom is 0.351 e. The smallest absolute Gasteiger partial charge is 0.351 e. The molecule has 6 N–H and O–H groups in total. The molecular formula is C28H44N2O14. The Kier molecular flexibility index (Phi) is 16.2. The van der Waals surface area contributed by atoms with Crippen molar-refractivity contribution in [3.05, 3.63) is 12.1 Å². The van der Waals surface area contributed by atoms with E-state index in [1.165, 1.54) is 29.1 Å². The minimum atomic E-state index is -2.07. The van der Waals surface area contributed by atoms with Crippen LogP contribution in [0, 0.1) is 5.92 Å². The fraction of sp³-hybridized carbons (Fsp3) is 0.643. The van der Waals surface area contributed by atoms with Gasteiger partial charge in [-0.2, -0.15) is 0 Å². The molecule has 0 radical (unpaired) electrons. The number of ether oxygens (including phenoxy) is 4. The zero-order chi connectivity index (χ0) is 33.4. The minimum absolute atomic E-state index is 0.193. The van der Waals surface area contributed by atoms with E-state index in [2.05, 4.69) is 0 Å². The number of carbonyl (C=O) groups excluding carboxylic acids is 2. The van der Waals surface area contributed by atoms with Crippen LogP contribution >= 0.6 is 0 Å². The molecule has 1 aliphatic carbocycles. The summed E-state index contributed by atoms with van der Waals surface area (Å²) in [5.74, 6) is -5.50. The number of hydrogen-bond acceptors (Lipinski definition) is 12. The zero-order valence-electron chi connectivity index (χ0n) is 25.5. The highest BCUT2D eigenvalue weighted by Crippen LogP contribution is 2.40. The first-order valence-electron chi connectivity index (χ1n) is 14.1. The summed E-state index contributed by atoms with van der Waals surface area (Å²) in [4.78, 5) is 38.7. The van der Waals surface area contributed by atoms with Crippen molar-refractivity contribution in [2.24, 2.45) is 5.92 Å². The average Bonchev–Trinajstić information content (AvgIpc) is 3.00. The Labute approximate surface area is 255 Å². The lowest BCUT2D eigenvalue weighted by Crippen LogP contribution is -3.32. The molecule has 0 bridgehead atoms. The van der Waals surface area contributed by atoms with Crippen LogP contribution in [0.3, 0.4) is 0 Å². The van der Waals surface area contributed by atoms with Crippen LogP contribution in [0.5, 0.6) is 23.0 Å².